The highest BCUT2D eigenvalue weighted by molar-refractivity contribution is 7.99. The summed E-state index contributed by atoms with van der Waals surface area (Å²) < 4.78 is 3.26. The number of aryl methyl sites for hydroxylation is 1. The zero-order chi connectivity index (χ0) is 17.5. The predicted octanol–water partition coefficient (Wildman–Crippen LogP) is 4.26. The summed E-state index contributed by atoms with van der Waals surface area (Å²) in [5.74, 6) is 0.615. The van der Waals surface area contributed by atoms with Gasteiger partial charge in [0.2, 0.25) is 10.1 Å². The third kappa shape index (κ3) is 2.63. The molecule has 0 spiro atoms. The molecule has 0 bridgehead atoms. The largest absolute Gasteiger partial charge is 0.260 e. The fourth-order valence-corrected chi connectivity index (χ4v) is 4.65. The van der Waals surface area contributed by atoms with E-state index >= 15 is 0 Å². The summed E-state index contributed by atoms with van der Waals surface area (Å²) in [6, 6.07) is 15.9. The molecule has 8 heteroatoms. The van der Waals surface area contributed by atoms with Crippen molar-refractivity contribution in [3.05, 3.63) is 60.4 Å². The molecule has 0 saturated carbocycles. The van der Waals surface area contributed by atoms with Crippen LogP contribution in [-0.4, -0.2) is 29.5 Å². The van der Waals surface area contributed by atoms with E-state index in [0.717, 1.165) is 32.0 Å². The zero-order valence-corrected chi connectivity index (χ0v) is 15.3. The molecule has 4 heterocycles. The molecule has 0 fully saturated rings. The first-order valence-corrected chi connectivity index (χ1v) is 9.59. The van der Waals surface area contributed by atoms with Gasteiger partial charge in [0, 0.05) is 11.9 Å². The first-order valence-electron chi connectivity index (χ1n) is 7.95. The third-order valence-corrected chi connectivity index (χ3v) is 5.71. The monoisotopic (exact) mass is 376 g/mol. The van der Waals surface area contributed by atoms with Crippen molar-refractivity contribution >= 4 is 38.3 Å². The molecule has 0 aliphatic carbocycles. The molecule has 0 radical (unpaired) electrons. The van der Waals surface area contributed by atoms with Gasteiger partial charge in [0.1, 0.15) is 10.7 Å². The van der Waals surface area contributed by atoms with Crippen LogP contribution in [0.25, 0.3) is 26.7 Å². The summed E-state index contributed by atoms with van der Waals surface area (Å²) in [6.45, 7) is 1.96. The molecular weight excluding hydrogens is 364 g/mol. The van der Waals surface area contributed by atoms with Gasteiger partial charge in [-0.25, -0.2) is 9.97 Å². The van der Waals surface area contributed by atoms with Gasteiger partial charge in [0.25, 0.3) is 0 Å². The van der Waals surface area contributed by atoms with Crippen molar-refractivity contribution < 1.29 is 0 Å². The highest BCUT2D eigenvalue weighted by atomic mass is 32.2. The zero-order valence-electron chi connectivity index (χ0n) is 13.7. The van der Waals surface area contributed by atoms with E-state index in [4.69, 9.17) is 0 Å². The van der Waals surface area contributed by atoms with Gasteiger partial charge in [-0.3, -0.25) is 9.38 Å². The third-order valence-electron chi connectivity index (χ3n) is 3.83. The van der Waals surface area contributed by atoms with Crippen LogP contribution in [0.5, 0.6) is 0 Å². The Morgan fingerprint density at radius 1 is 1.00 bits per heavy atom. The van der Waals surface area contributed by atoms with Gasteiger partial charge in [-0.1, -0.05) is 29.5 Å². The number of fused-ring (bicyclic) bond motifs is 3. The quantitative estimate of drug-likeness (QED) is 0.438. The minimum absolute atomic E-state index is 0.615. The van der Waals surface area contributed by atoms with Crippen LogP contribution in [0.1, 0.15) is 5.69 Å². The molecule has 0 aliphatic heterocycles. The maximum Gasteiger partial charge on any atom is 0.217 e. The van der Waals surface area contributed by atoms with Crippen LogP contribution >= 0.6 is 23.1 Å². The maximum atomic E-state index is 4.66. The molecule has 0 atom stereocenters. The van der Waals surface area contributed by atoms with Crippen LogP contribution in [0, 0.1) is 6.92 Å². The van der Waals surface area contributed by atoms with E-state index < -0.39 is 0 Å². The van der Waals surface area contributed by atoms with Gasteiger partial charge in [-0.2, -0.15) is 0 Å². The average molecular weight is 376 g/mol. The lowest BCUT2D eigenvalue weighted by Gasteiger charge is -2.04. The summed E-state index contributed by atoms with van der Waals surface area (Å²) in [7, 11) is 0. The molecule has 1 aromatic carbocycles. The second-order valence-electron chi connectivity index (χ2n) is 5.66. The Balaban J connectivity index is 1.60. The predicted molar refractivity (Wildman–Crippen MR) is 102 cm³/mol. The van der Waals surface area contributed by atoms with Gasteiger partial charge in [-0.15, -0.1) is 10.2 Å². The number of rotatable bonds is 3. The Morgan fingerprint density at radius 2 is 1.88 bits per heavy atom. The Bertz CT molecular complexity index is 1230. The Hall–Kier alpha value is -2.84. The van der Waals surface area contributed by atoms with Crippen molar-refractivity contribution in [3.8, 4) is 11.5 Å². The second-order valence-corrected chi connectivity index (χ2v) is 7.66. The van der Waals surface area contributed by atoms with E-state index in [9.17, 15) is 0 Å². The molecule has 126 valence electrons. The first kappa shape index (κ1) is 15.4. The Labute approximate surface area is 157 Å². The van der Waals surface area contributed by atoms with Crippen molar-refractivity contribution in [3.63, 3.8) is 0 Å². The van der Waals surface area contributed by atoms with Gasteiger partial charge in [0.15, 0.2) is 5.82 Å². The number of para-hydroxylation sites is 1. The molecule has 0 amide bonds. The average Bonchev–Trinajstić information content (AvgIpc) is 3.22. The molecule has 0 saturated heterocycles. The van der Waals surface area contributed by atoms with E-state index in [0.29, 0.717) is 5.82 Å². The Kier molecular flexibility index (Phi) is 3.65. The summed E-state index contributed by atoms with van der Waals surface area (Å²) in [5.41, 5.74) is 2.75. The highest BCUT2D eigenvalue weighted by Gasteiger charge is 2.15. The minimum atomic E-state index is 0.615. The van der Waals surface area contributed by atoms with Crippen LogP contribution in [0.4, 0.5) is 0 Å². The lowest BCUT2D eigenvalue weighted by atomic mass is 10.3. The first-order chi connectivity index (χ1) is 12.8. The summed E-state index contributed by atoms with van der Waals surface area (Å²) in [4.78, 5) is 14.4. The fourth-order valence-electron chi connectivity index (χ4n) is 2.72. The van der Waals surface area contributed by atoms with E-state index in [1.807, 2.05) is 43.3 Å². The smallest absolute Gasteiger partial charge is 0.217 e. The van der Waals surface area contributed by atoms with E-state index in [1.165, 1.54) is 16.5 Å². The summed E-state index contributed by atoms with van der Waals surface area (Å²) in [6.07, 6.45) is 1.74. The summed E-state index contributed by atoms with van der Waals surface area (Å²) in [5, 5.41) is 10.3. The van der Waals surface area contributed by atoms with Crippen molar-refractivity contribution in [2.24, 2.45) is 0 Å². The number of hydrogen-bond donors (Lipinski definition) is 0. The SMILES string of the molecule is Cc1cc(Sc2nnc3sc4ccccc4n23)nc(-c2ccccn2)n1. The van der Waals surface area contributed by atoms with Gasteiger partial charge < -0.3 is 0 Å². The maximum absolute atomic E-state index is 4.66. The molecule has 5 rings (SSSR count). The van der Waals surface area contributed by atoms with Crippen molar-refractivity contribution in [2.45, 2.75) is 17.1 Å². The molecule has 0 unspecified atom stereocenters. The van der Waals surface area contributed by atoms with Crippen molar-refractivity contribution in [2.75, 3.05) is 0 Å². The van der Waals surface area contributed by atoms with Crippen molar-refractivity contribution in [1.82, 2.24) is 29.5 Å². The van der Waals surface area contributed by atoms with Gasteiger partial charge >= 0.3 is 0 Å². The molecule has 4 aromatic heterocycles. The summed E-state index contributed by atoms with van der Waals surface area (Å²) >= 11 is 3.11. The van der Waals surface area contributed by atoms with E-state index in [2.05, 4.69) is 41.7 Å². The normalized spacial score (nSPS) is 11.4. The van der Waals surface area contributed by atoms with E-state index in [-0.39, 0.29) is 0 Å². The lowest BCUT2D eigenvalue weighted by Crippen LogP contribution is -1.96. The van der Waals surface area contributed by atoms with Crippen LogP contribution in [0.15, 0.2) is 64.9 Å². The Morgan fingerprint density at radius 3 is 2.77 bits per heavy atom. The number of nitrogens with zero attached hydrogens (tertiary/aromatic N) is 6. The minimum Gasteiger partial charge on any atom is -0.260 e. The molecular formula is C18H12N6S2. The van der Waals surface area contributed by atoms with Gasteiger partial charge in [-0.05, 0) is 49.0 Å². The van der Waals surface area contributed by atoms with Crippen LogP contribution in [-0.2, 0) is 0 Å². The lowest BCUT2D eigenvalue weighted by molar-refractivity contribution is 0.930. The number of pyridine rings is 1. The van der Waals surface area contributed by atoms with Crippen LogP contribution in [0.2, 0.25) is 0 Å². The standard InChI is InChI=1S/C18H12N6S2/c1-11-10-15(21-16(20-11)12-6-4-5-9-19-12)26-18-23-22-17-24(18)13-7-2-3-8-14(13)25-17/h2-10H,1H3. The van der Waals surface area contributed by atoms with E-state index in [1.54, 1.807) is 17.5 Å². The van der Waals surface area contributed by atoms with Crippen molar-refractivity contribution in [1.29, 1.82) is 0 Å². The number of thiazole rings is 1. The molecule has 5 aromatic rings. The molecule has 0 N–H and O–H groups in total. The molecule has 6 nitrogen and oxygen atoms in total. The molecule has 0 aliphatic rings. The van der Waals surface area contributed by atoms with Gasteiger partial charge in [0.05, 0.1) is 10.2 Å². The molecule has 26 heavy (non-hydrogen) atoms. The number of aromatic nitrogens is 6. The topological polar surface area (TPSA) is 68.9 Å². The fraction of sp³-hybridized carbons (Fsp3) is 0.0556. The number of hydrogen-bond acceptors (Lipinski definition) is 7. The second kappa shape index (κ2) is 6.15. The highest BCUT2D eigenvalue weighted by Crippen LogP contribution is 2.32. The van der Waals surface area contributed by atoms with Crippen LogP contribution in [0.3, 0.4) is 0 Å². The van der Waals surface area contributed by atoms with Crippen LogP contribution < -0.4 is 0 Å². The number of benzene rings is 1.